The number of hydrogen-bond donors (Lipinski definition) is 1. The van der Waals surface area contributed by atoms with Crippen molar-refractivity contribution in [1.29, 1.82) is 5.26 Å². The highest BCUT2D eigenvalue weighted by molar-refractivity contribution is 7.16. The maximum Gasteiger partial charge on any atom is 0.164 e. The lowest BCUT2D eigenvalue weighted by atomic mass is 9.96. The third-order valence-electron chi connectivity index (χ3n) is 2.72. The molecule has 1 heterocycles. The molecule has 1 aliphatic rings. The average Bonchev–Trinajstić information content (AvgIpc) is 2.65. The first-order valence-corrected chi connectivity index (χ1v) is 6.99. The minimum absolute atomic E-state index is 0. The Morgan fingerprint density at radius 2 is 2.06 bits per heavy atom. The van der Waals surface area contributed by atoms with Crippen LogP contribution in [0.15, 0.2) is 4.99 Å². The lowest BCUT2D eigenvalue weighted by molar-refractivity contribution is 0.696. The summed E-state index contributed by atoms with van der Waals surface area (Å²) in [4.78, 5) is 4.58. The average molecular weight is 325 g/mol. The molecule has 0 amide bonds. The van der Waals surface area contributed by atoms with Gasteiger partial charge in [0.05, 0.1) is 5.56 Å². The van der Waals surface area contributed by atoms with Crippen LogP contribution in [0.25, 0.3) is 0 Å². The lowest BCUT2D eigenvalue weighted by Crippen LogP contribution is -2.18. The normalized spacial score (nSPS) is 14.9. The molecule has 0 fully saturated rings. The van der Waals surface area contributed by atoms with Gasteiger partial charge >= 0.3 is 0 Å². The van der Waals surface area contributed by atoms with E-state index in [1.807, 2.05) is 0 Å². The molecule has 0 saturated heterocycles. The highest BCUT2D eigenvalue weighted by Gasteiger charge is 2.21. The summed E-state index contributed by atoms with van der Waals surface area (Å²) in [6.45, 7) is 0. The second kappa shape index (κ2) is 6.63. The summed E-state index contributed by atoms with van der Waals surface area (Å²) in [5.74, 6) is 0.142. The first-order valence-electron chi connectivity index (χ1n) is 5.30. The zero-order valence-corrected chi connectivity index (χ0v) is 12.6. The van der Waals surface area contributed by atoms with Gasteiger partial charge in [0.2, 0.25) is 0 Å². The van der Waals surface area contributed by atoms with E-state index in [0.29, 0.717) is 10.6 Å². The standard InChI is InChI=1S/C11H11Cl2N3S.ClH/c12-9(13)10(15)16-11-7(5-14)6-3-1-2-4-8(6)17-11;/h9H,1-4H2,(H2,15,16);1H. The van der Waals surface area contributed by atoms with Crippen molar-refractivity contribution in [3.63, 3.8) is 0 Å². The predicted molar refractivity (Wildman–Crippen MR) is 79.7 cm³/mol. The van der Waals surface area contributed by atoms with Gasteiger partial charge in [-0.25, -0.2) is 4.99 Å². The predicted octanol–water partition coefficient (Wildman–Crippen LogP) is 3.71. The summed E-state index contributed by atoms with van der Waals surface area (Å²) >= 11 is 12.8. The van der Waals surface area contributed by atoms with Crippen molar-refractivity contribution < 1.29 is 0 Å². The van der Waals surface area contributed by atoms with Crippen molar-refractivity contribution in [2.24, 2.45) is 10.7 Å². The van der Waals surface area contributed by atoms with Gasteiger partial charge in [0.1, 0.15) is 16.9 Å². The van der Waals surface area contributed by atoms with E-state index < -0.39 is 4.84 Å². The van der Waals surface area contributed by atoms with Gasteiger partial charge in [-0.2, -0.15) is 5.26 Å². The molecular formula is C11H12Cl3N3S. The topological polar surface area (TPSA) is 62.2 Å². The third-order valence-corrected chi connectivity index (χ3v) is 4.35. The number of nitriles is 1. The highest BCUT2D eigenvalue weighted by Crippen LogP contribution is 2.39. The SMILES string of the molecule is Cl.N#Cc1c(/N=C(\N)C(Cl)Cl)sc2c1CCCC2. The van der Waals surface area contributed by atoms with E-state index in [4.69, 9.17) is 28.9 Å². The van der Waals surface area contributed by atoms with E-state index >= 15 is 0 Å². The summed E-state index contributed by atoms with van der Waals surface area (Å²) in [6, 6.07) is 2.21. The number of halogens is 3. The number of fused-ring (bicyclic) bond motifs is 1. The number of nitrogens with two attached hydrogens (primary N) is 1. The van der Waals surface area contributed by atoms with Crippen LogP contribution in [0.1, 0.15) is 28.8 Å². The first-order chi connectivity index (χ1) is 8.13. The van der Waals surface area contributed by atoms with Crippen LogP contribution in [0.3, 0.4) is 0 Å². The van der Waals surface area contributed by atoms with Gasteiger partial charge in [-0.1, -0.05) is 23.2 Å². The molecule has 3 nitrogen and oxygen atoms in total. The number of nitrogens with zero attached hydrogens (tertiary/aromatic N) is 2. The second-order valence-electron chi connectivity index (χ2n) is 3.84. The number of thiophene rings is 1. The van der Waals surface area contributed by atoms with Crippen LogP contribution in [0.4, 0.5) is 5.00 Å². The summed E-state index contributed by atoms with van der Waals surface area (Å²) in [6.07, 6.45) is 4.28. The number of aliphatic imine (C=N–C) groups is 1. The number of rotatable bonds is 2. The smallest absolute Gasteiger partial charge is 0.164 e. The Morgan fingerprint density at radius 1 is 1.39 bits per heavy atom. The molecule has 2 N–H and O–H groups in total. The minimum atomic E-state index is -0.833. The summed E-state index contributed by atoms with van der Waals surface area (Å²) in [7, 11) is 0. The molecule has 0 spiro atoms. The Labute approximate surface area is 126 Å². The molecule has 2 rings (SSSR count). The molecule has 0 radical (unpaired) electrons. The first kappa shape index (κ1) is 15.6. The molecule has 0 aromatic carbocycles. The monoisotopic (exact) mass is 323 g/mol. The molecule has 1 aromatic heterocycles. The molecule has 1 aliphatic carbocycles. The lowest BCUT2D eigenvalue weighted by Gasteiger charge is -2.09. The zero-order valence-electron chi connectivity index (χ0n) is 9.45. The summed E-state index contributed by atoms with van der Waals surface area (Å²) in [5, 5.41) is 9.84. The van der Waals surface area contributed by atoms with Gasteiger partial charge in [-0.15, -0.1) is 23.7 Å². The maximum absolute atomic E-state index is 9.20. The van der Waals surface area contributed by atoms with Crippen LogP contribution in [0.2, 0.25) is 0 Å². The number of hydrogen-bond acceptors (Lipinski definition) is 3. The van der Waals surface area contributed by atoms with E-state index in [-0.39, 0.29) is 18.2 Å². The molecule has 0 bridgehead atoms. The minimum Gasteiger partial charge on any atom is -0.385 e. The third kappa shape index (κ3) is 3.10. The van der Waals surface area contributed by atoms with Gasteiger partial charge < -0.3 is 5.73 Å². The molecule has 7 heteroatoms. The maximum atomic E-state index is 9.20. The van der Waals surface area contributed by atoms with Gasteiger partial charge in [-0.05, 0) is 31.2 Å². The highest BCUT2D eigenvalue weighted by atomic mass is 35.5. The van der Waals surface area contributed by atoms with E-state index in [9.17, 15) is 5.26 Å². The molecule has 0 saturated carbocycles. The Bertz CT molecular complexity index is 502. The number of alkyl halides is 2. The largest absolute Gasteiger partial charge is 0.385 e. The molecule has 98 valence electrons. The van der Waals surface area contributed by atoms with Crippen LogP contribution in [0, 0.1) is 11.3 Å². The Kier molecular flexibility index (Phi) is 5.74. The van der Waals surface area contributed by atoms with E-state index in [0.717, 1.165) is 24.8 Å². The van der Waals surface area contributed by atoms with Crippen LogP contribution >= 0.6 is 46.9 Å². The van der Waals surface area contributed by atoms with Gasteiger partial charge in [-0.3, -0.25) is 0 Å². The molecule has 0 atom stereocenters. The molecule has 0 aliphatic heterocycles. The van der Waals surface area contributed by atoms with Crippen LogP contribution in [0.5, 0.6) is 0 Å². The van der Waals surface area contributed by atoms with Crippen molar-refractivity contribution in [3.8, 4) is 6.07 Å². The van der Waals surface area contributed by atoms with Crippen molar-refractivity contribution in [1.82, 2.24) is 0 Å². The number of aryl methyl sites for hydroxylation is 1. The fraction of sp³-hybridized carbons (Fsp3) is 0.455. The second-order valence-corrected chi connectivity index (χ2v) is 6.02. The Morgan fingerprint density at radius 3 is 2.67 bits per heavy atom. The van der Waals surface area contributed by atoms with E-state index in [1.165, 1.54) is 22.6 Å². The molecule has 1 aromatic rings. The zero-order chi connectivity index (χ0) is 12.4. The fourth-order valence-corrected chi connectivity index (χ4v) is 3.24. The van der Waals surface area contributed by atoms with Crippen molar-refractivity contribution >= 4 is 57.8 Å². The Balaban J connectivity index is 0.00000162. The fourth-order valence-electron chi connectivity index (χ4n) is 1.91. The summed E-state index contributed by atoms with van der Waals surface area (Å²) in [5.41, 5.74) is 7.39. The van der Waals surface area contributed by atoms with E-state index in [1.54, 1.807) is 0 Å². The summed E-state index contributed by atoms with van der Waals surface area (Å²) < 4.78 is 0. The molecule has 18 heavy (non-hydrogen) atoms. The van der Waals surface area contributed by atoms with Crippen LogP contribution in [-0.4, -0.2) is 10.7 Å². The van der Waals surface area contributed by atoms with Gasteiger partial charge in [0.25, 0.3) is 0 Å². The van der Waals surface area contributed by atoms with Gasteiger partial charge in [0, 0.05) is 4.88 Å². The van der Waals surface area contributed by atoms with Crippen molar-refractivity contribution in [2.45, 2.75) is 30.5 Å². The molecular weight excluding hydrogens is 313 g/mol. The van der Waals surface area contributed by atoms with Crippen molar-refractivity contribution in [2.75, 3.05) is 0 Å². The van der Waals surface area contributed by atoms with Crippen LogP contribution in [-0.2, 0) is 12.8 Å². The van der Waals surface area contributed by atoms with Crippen LogP contribution < -0.4 is 5.73 Å². The quantitative estimate of drug-likeness (QED) is 0.512. The molecule has 0 unspecified atom stereocenters. The van der Waals surface area contributed by atoms with E-state index in [2.05, 4.69) is 11.1 Å². The Hall–Kier alpha value is -0.470. The van der Waals surface area contributed by atoms with Gasteiger partial charge in [0.15, 0.2) is 4.84 Å². The van der Waals surface area contributed by atoms with Crippen molar-refractivity contribution in [3.05, 3.63) is 16.0 Å². The number of amidine groups is 1.